The van der Waals surface area contributed by atoms with Crippen molar-refractivity contribution in [3.63, 3.8) is 0 Å². The molecule has 3 rings (SSSR count). The van der Waals surface area contributed by atoms with Crippen LogP contribution < -0.4 is 14.8 Å². The van der Waals surface area contributed by atoms with E-state index >= 15 is 0 Å². The van der Waals surface area contributed by atoms with E-state index < -0.39 is 10.0 Å². The van der Waals surface area contributed by atoms with Crippen LogP contribution in [0, 0.1) is 0 Å². The molecule has 2 aromatic rings. The lowest BCUT2D eigenvalue weighted by molar-refractivity contribution is 0.0939. The van der Waals surface area contributed by atoms with Crippen LogP contribution in [0.1, 0.15) is 55.6 Å². The number of rotatable bonds is 8. The number of carbonyl (C=O) groups is 1. The smallest absolute Gasteiger partial charge is 0.251 e. The monoisotopic (exact) mass is 402 g/mol. The van der Waals surface area contributed by atoms with Crippen LogP contribution in [0.5, 0.6) is 5.75 Å². The van der Waals surface area contributed by atoms with Crippen molar-refractivity contribution in [2.45, 2.75) is 56.7 Å². The molecule has 1 amide bonds. The standard InChI is InChI=1S/C21H26N2O4S/c1-14(2)27-19-6-4-5-17(13-19)15(3)22-21(24)16-7-11-20(12-8-16)28(25,26)23-18-9-10-18/h4-8,11-15,18,23H,9-10H2,1-3H3,(H,22,24). The van der Waals surface area contributed by atoms with Crippen LogP contribution in [0.25, 0.3) is 0 Å². The van der Waals surface area contributed by atoms with Crippen LogP contribution in [0.15, 0.2) is 53.4 Å². The summed E-state index contributed by atoms with van der Waals surface area (Å²) in [7, 11) is -3.52. The fourth-order valence-corrected chi connectivity index (χ4v) is 4.07. The summed E-state index contributed by atoms with van der Waals surface area (Å²) in [4.78, 5) is 12.7. The van der Waals surface area contributed by atoms with E-state index in [0.717, 1.165) is 24.2 Å². The summed E-state index contributed by atoms with van der Waals surface area (Å²) >= 11 is 0. The van der Waals surface area contributed by atoms with Crippen LogP contribution in [-0.2, 0) is 10.0 Å². The molecule has 150 valence electrons. The first-order valence-electron chi connectivity index (χ1n) is 9.44. The molecule has 28 heavy (non-hydrogen) atoms. The van der Waals surface area contributed by atoms with Crippen molar-refractivity contribution in [3.8, 4) is 5.75 Å². The minimum Gasteiger partial charge on any atom is -0.491 e. The molecule has 1 unspecified atom stereocenters. The molecule has 0 aromatic heterocycles. The maximum Gasteiger partial charge on any atom is 0.251 e. The van der Waals surface area contributed by atoms with Crippen LogP contribution in [0.3, 0.4) is 0 Å². The van der Waals surface area contributed by atoms with Gasteiger partial charge in [0, 0.05) is 11.6 Å². The van der Waals surface area contributed by atoms with E-state index in [-0.39, 0.29) is 29.0 Å². The minimum absolute atomic E-state index is 0.0456. The summed E-state index contributed by atoms with van der Waals surface area (Å²) < 4.78 is 32.7. The average molecular weight is 403 g/mol. The molecule has 0 saturated heterocycles. The molecule has 1 fully saturated rings. The van der Waals surface area contributed by atoms with Crippen LogP contribution in [0.2, 0.25) is 0 Å². The summed E-state index contributed by atoms with van der Waals surface area (Å²) in [5, 5.41) is 2.93. The highest BCUT2D eigenvalue weighted by Crippen LogP contribution is 2.23. The van der Waals surface area contributed by atoms with Crippen molar-refractivity contribution in [1.29, 1.82) is 0 Å². The van der Waals surface area contributed by atoms with Crippen LogP contribution >= 0.6 is 0 Å². The number of ether oxygens (including phenoxy) is 1. The van der Waals surface area contributed by atoms with Gasteiger partial charge in [-0.25, -0.2) is 13.1 Å². The first-order valence-corrected chi connectivity index (χ1v) is 10.9. The van der Waals surface area contributed by atoms with Crippen molar-refractivity contribution in [2.24, 2.45) is 0 Å². The predicted octanol–water partition coefficient (Wildman–Crippen LogP) is 3.41. The Hall–Kier alpha value is -2.38. The first-order chi connectivity index (χ1) is 13.2. The third-order valence-electron chi connectivity index (χ3n) is 4.40. The second-order valence-corrected chi connectivity index (χ2v) is 9.07. The Morgan fingerprint density at radius 1 is 1.07 bits per heavy atom. The van der Waals surface area contributed by atoms with Crippen molar-refractivity contribution in [2.75, 3.05) is 0 Å². The number of carbonyl (C=O) groups excluding carboxylic acids is 1. The number of sulfonamides is 1. The van der Waals surface area contributed by atoms with Gasteiger partial charge in [-0.2, -0.15) is 0 Å². The minimum atomic E-state index is -3.52. The van der Waals surface area contributed by atoms with E-state index in [1.165, 1.54) is 24.3 Å². The maximum atomic E-state index is 12.5. The second kappa shape index (κ2) is 8.32. The summed E-state index contributed by atoms with van der Waals surface area (Å²) in [6.07, 6.45) is 1.83. The van der Waals surface area contributed by atoms with E-state index in [1.807, 2.05) is 45.0 Å². The van der Waals surface area contributed by atoms with Crippen molar-refractivity contribution in [3.05, 3.63) is 59.7 Å². The molecular formula is C21H26N2O4S. The highest BCUT2D eigenvalue weighted by Gasteiger charge is 2.28. The molecule has 0 aliphatic heterocycles. The summed E-state index contributed by atoms with van der Waals surface area (Å²) in [5.74, 6) is 0.494. The Bertz CT molecular complexity index is 935. The largest absolute Gasteiger partial charge is 0.491 e. The SMILES string of the molecule is CC(C)Oc1cccc(C(C)NC(=O)c2ccc(S(=O)(=O)NC3CC3)cc2)c1. The lowest BCUT2D eigenvalue weighted by Gasteiger charge is -2.17. The Labute approximate surface area is 166 Å². The predicted molar refractivity (Wildman–Crippen MR) is 108 cm³/mol. The number of benzene rings is 2. The van der Waals surface area contributed by atoms with E-state index in [4.69, 9.17) is 4.74 Å². The van der Waals surface area contributed by atoms with E-state index in [0.29, 0.717) is 5.56 Å². The van der Waals surface area contributed by atoms with Crippen LogP contribution in [0.4, 0.5) is 0 Å². The molecule has 2 aromatic carbocycles. The van der Waals surface area contributed by atoms with Gasteiger partial charge in [0.05, 0.1) is 17.0 Å². The third kappa shape index (κ3) is 5.33. The number of hydrogen-bond donors (Lipinski definition) is 2. The molecular weight excluding hydrogens is 376 g/mol. The number of nitrogens with one attached hydrogen (secondary N) is 2. The van der Waals surface area contributed by atoms with E-state index in [2.05, 4.69) is 10.0 Å². The fraction of sp³-hybridized carbons (Fsp3) is 0.381. The van der Waals surface area contributed by atoms with Gasteiger partial charge in [-0.05, 0) is 75.6 Å². The zero-order valence-electron chi connectivity index (χ0n) is 16.3. The summed E-state index contributed by atoms with van der Waals surface area (Å²) in [5.41, 5.74) is 1.34. The zero-order chi connectivity index (χ0) is 20.3. The molecule has 0 bridgehead atoms. The summed E-state index contributed by atoms with van der Waals surface area (Å²) in [6.45, 7) is 5.81. The molecule has 1 atom stereocenters. The zero-order valence-corrected chi connectivity index (χ0v) is 17.1. The van der Waals surface area contributed by atoms with Gasteiger partial charge < -0.3 is 10.1 Å². The van der Waals surface area contributed by atoms with Gasteiger partial charge in [-0.3, -0.25) is 4.79 Å². The highest BCUT2D eigenvalue weighted by atomic mass is 32.2. The van der Waals surface area contributed by atoms with Gasteiger partial charge in [0.15, 0.2) is 0 Å². The van der Waals surface area contributed by atoms with Crippen molar-refractivity contribution in [1.82, 2.24) is 10.0 Å². The molecule has 1 aliphatic carbocycles. The molecule has 1 aliphatic rings. The van der Waals surface area contributed by atoms with E-state index in [9.17, 15) is 13.2 Å². The number of amides is 1. The van der Waals surface area contributed by atoms with E-state index in [1.54, 1.807) is 0 Å². The fourth-order valence-electron chi connectivity index (χ4n) is 2.77. The van der Waals surface area contributed by atoms with Crippen molar-refractivity contribution < 1.29 is 17.9 Å². The third-order valence-corrected chi connectivity index (χ3v) is 5.94. The lowest BCUT2D eigenvalue weighted by Crippen LogP contribution is -2.27. The molecule has 0 radical (unpaired) electrons. The first kappa shape index (κ1) is 20.4. The molecule has 6 nitrogen and oxygen atoms in total. The van der Waals surface area contributed by atoms with Gasteiger partial charge in [0.25, 0.3) is 5.91 Å². The van der Waals surface area contributed by atoms with Gasteiger partial charge in [-0.1, -0.05) is 12.1 Å². The molecule has 0 heterocycles. The average Bonchev–Trinajstić information content (AvgIpc) is 3.44. The van der Waals surface area contributed by atoms with Gasteiger partial charge in [0.1, 0.15) is 5.75 Å². The van der Waals surface area contributed by atoms with Gasteiger partial charge in [0.2, 0.25) is 10.0 Å². The molecule has 0 spiro atoms. The Balaban J connectivity index is 1.65. The Morgan fingerprint density at radius 2 is 1.75 bits per heavy atom. The Morgan fingerprint density at radius 3 is 2.36 bits per heavy atom. The van der Waals surface area contributed by atoms with Crippen molar-refractivity contribution >= 4 is 15.9 Å². The molecule has 1 saturated carbocycles. The molecule has 2 N–H and O–H groups in total. The topological polar surface area (TPSA) is 84.5 Å². The lowest BCUT2D eigenvalue weighted by atomic mass is 10.1. The van der Waals surface area contributed by atoms with Gasteiger partial charge in [-0.15, -0.1) is 0 Å². The van der Waals surface area contributed by atoms with Crippen LogP contribution in [-0.4, -0.2) is 26.5 Å². The highest BCUT2D eigenvalue weighted by molar-refractivity contribution is 7.89. The Kier molecular flexibility index (Phi) is 6.05. The summed E-state index contributed by atoms with van der Waals surface area (Å²) in [6, 6.07) is 13.4. The van der Waals surface area contributed by atoms with Gasteiger partial charge >= 0.3 is 0 Å². The second-order valence-electron chi connectivity index (χ2n) is 7.35. The maximum absolute atomic E-state index is 12.5. The molecule has 7 heteroatoms. The quantitative estimate of drug-likeness (QED) is 0.709. The number of hydrogen-bond acceptors (Lipinski definition) is 4. The normalized spacial score (nSPS) is 15.3.